The van der Waals surface area contributed by atoms with Crippen molar-refractivity contribution in [2.24, 2.45) is 5.92 Å². The molecule has 0 amide bonds. The van der Waals surface area contributed by atoms with Crippen LogP contribution in [0.15, 0.2) is 36.5 Å². The molecule has 0 atom stereocenters. The molecular formula is C24H31ClFN3O2. The molecule has 1 aromatic heterocycles. The minimum atomic E-state index is -1.53. The molecule has 2 aliphatic rings. The Labute approximate surface area is 188 Å². The van der Waals surface area contributed by atoms with Crippen molar-refractivity contribution in [1.82, 2.24) is 15.2 Å². The summed E-state index contributed by atoms with van der Waals surface area (Å²) in [4.78, 5) is 17.4. The number of benzene rings is 1. The highest BCUT2D eigenvalue weighted by atomic mass is 35.5. The molecule has 1 aliphatic carbocycles. The van der Waals surface area contributed by atoms with Gasteiger partial charge in [-0.2, -0.15) is 0 Å². The number of carbonyl (C=O) groups is 1. The van der Waals surface area contributed by atoms with E-state index in [9.17, 15) is 9.18 Å². The average molecular weight is 448 g/mol. The van der Waals surface area contributed by atoms with E-state index in [1.807, 2.05) is 25.4 Å². The lowest BCUT2D eigenvalue weighted by Gasteiger charge is -2.39. The largest absolute Gasteiger partial charge is 0.481 e. The third-order valence-electron chi connectivity index (χ3n) is 6.11. The summed E-state index contributed by atoms with van der Waals surface area (Å²) in [7, 11) is 1.92. The molecule has 2 heterocycles. The summed E-state index contributed by atoms with van der Waals surface area (Å²) >= 11 is 6.28. The minimum absolute atomic E-state index is 0.0458. The Bertz CT molecular complexity index is 896. The molecule has 2 fully saturated rings. The number of halogens is 2. The Morgan fingerprint density at radius 1 is 1.32 bits per heavy atom. The molecule has 168 valence electrons. The van der Waals surface area contributed by atoms with E-state index in [2.05, 4.69) is 28.2 Å². The SMILES string of the molecule is CNCc1ncccc1C.O=C(O)C1CC(F)(c2ccc(CN3CCCC3)c(Cl)c2)C1. The van der Waals surface area contributed by atoms with Gasteiger partial charge in [0.05, 0.1) is 11.6 Å². The summed E-state index contributed by atoms with van der Waals surface area (Å²) in [5.74, 6) is -1.49. The van der Waals surface area contributed by atoms with Crippen LogP contribution in [-0.4, -0.2) is 41.1 Å². The van der Waals surface area contributed by atoms with Crippen LogP contribution in [0.4, 0.5) is 4.39 Å². The van der Waals surface area contributed by atoms with Crippen molar-refractivity contribution in [3.63, 3.8) is 0 Å². The van der Waals surface area contributed by atoms with Crippen LogP contribution in [0.3, 0.4) is 0 Å². The molecular weight excluding hydrogens is 417 g/mol. The maximum absolute atomic E-state index is 14.6. The number of alkyl halides is 1. The van der Waals surface area contributed by atoms with E-state index in [0.717, 1.165) is 37.4 Å². The average Bonchev–Trinajstić information content (AvgIpc) is 3.22. The molecule has 2 aromatic rings. The zero-order chi connectivity index (χ0) is 22.4. The van der Waals surface area contributed by atoms with Crippen LogP contribution in [0, 0.1) is 12.8 Å². The van der Waals surface area contributed by atoms with E-state index in [0.29, 0.717) is 10.6 Å². The number of nitrogens with zero attached hydrogens (tertiary/aromatic N) is 2. The number of aromatic nitrogens is 1. The Hall–Kier alpha value is -2.02. The molecule has 31 heavy (non-hydrogen) atoms. The van der Waals surface area contributed by atoms with Gasteiger partial charge in [-0.25, -0.2) is 4.39 Å². The number of rotatable bonds is 6. The third-order valence-corrected chi connectivity index (χ3v) is 6.47. The van der Waals surface area contributed by atoms with E-state index in [4.69, 9.17) is 16.7 Å². The van der Waals surface area contributed by atoms with Crippen molar-refractivity contribution < 1.29 is 14.3 Å². The van der Waals surface area contributed by atoms with Gasteiger partial charge in [-0.1, -0.05) is 29.8 Å². The highest BCUT2D eigenvalue weighted by molar-refractivity contribution is 6.31. The summed E-state index contributed by atoms with van der Waals surface area (Å²) in [6.45, 7) is 5.90. The van der Waals surface area contributed by atoms with Crippen molar-refractivity contribution >= 4 is 17.6 Å². The van der Waals surface area contributed by atoms with Gasteiger partial charge in [0.2, 0.25) is 0 Å². The van der Waals surface area contributed by atoms with Gasteiger partial charge in [0.15, 0.2) is 0 Å². The lowest BCUT2D eigenvalue weighted by Crippen LogP contribution is -2.41. The van der Waals surface area contributed by atoms with Gasteiger partial charge in [0.25, 0.3) is 0 Å². The maximum atomic E-state index is 14.6. The highest BCUT2D eigenvalue weighted by Crippen LogP contribution is 2.49. The molecule has 4 rings (SSSR count). The quantitative estimate of drug-likeness (QED) is 0.671. The van der Waals surface area contributed by atoms with Crippen molar-refractivity contribution in [3.05, 3.63) is 63.9 Å². The van der Waals surface area contributed by atoms with Crippen LogP contribution < -0.4 is 5.32 Å². The van der Waals surface area contributed by atoms with Crippen molar-refractivity contribution in [2.45, 2.75) is 51.4 Å². The fraction of sp³-hybridized carbons (Fsp3) is 0.500. The van der Waals surface area contributed by atoms with Gasteiger partial charge >= 0.3 is 5.97 Å². The molecule has 1 aromatic carbocycles. The molecule has 5 nitrogen and oxygen atoms in total. The van der Waals surface area contributed by atoms with Gasteiger partial charge < -0.3 is 10.4 Å². The molecule has 1 saturated heterocycles. The number of pyridine rings is 1. The molecule has 0 bridgehead atoms. The van der Waals surface area contributed by atoms with Crippen LogP contribution in [-0.2, 0) is 23.6 Å². The van der Waals surface area contributed by atoms with Gasteiger partial charge in [-0.3, -0.25) is 14.7 Å². The summed E-state index contributed by atoms with van der Waals surface area (Å²) in [6, 6.07) is 9.33. The Morgan fingerprint density at radius 3 is 2.61 bits per heavy atom. The van der Waals surface area contributed by atoms with E-state index in [-0.39, 0.29) is 12.8 Å². The topological polar surface area (TPSA) is 65.5 Å². The van der Waals surface area contributed by atoms with E-state index in [1.54, 1.807) is 12.1 Å². The number of hydrogen-bond donors (Lipinski definition) is 2. The van der Waals surface area contributed by atoms with E-state index >= 15 is 0 Å². The predicted octanol–water partition coefficient (Wildman–Crippen LogP) is 4.70. The lowest BCUT2D eigenvalue weighted by atomic mass is 9.69. The number of hydrogen-bond acceptors (Lipinski definition) is 4. The number of aryl methyl sites for hydroxylation is 1. The van der Waals surface area contributed by atoms with Crippen molar-refractivity contribution in [1.29, 1.82) is 0 Å². The van der Waals surface area contributed by atoms with Crippen LogP contribution in [0.5, 0.6) is 0 Å². The summed E-state index contributed by atoms with van der Waals surface area (Å²) in [5, 5.41) is 12.5. The zero-order valence-corrected chi connectivity index (χ0v) is 19.0. The Balaban J connectivity index is 0.000000229. The van der Waals surface area contributed by atoms with Gasteiger partial charge in [-0.05, 0) is 81.6 Å². The zero-order valence-electron chi connectivity index (χ0n) is 18.2. The normalized spacial score (nSPS) is 23.0. The second-order valence-electron chi connectivity index (χ2n) is 8.50. The predicted molar refractivity (Wildman–Crippen MR) is 121 cm³/mol. The molecule has 1 aliphatic heterocycles. The molecule has 0 spiro atoms. The van der Waals surface area contributed by atoms with Crippen LogP contribution in [0.25, 0.3) is 0 Å². The summed E-state index contributed by atoms with van der Waals surface area (Å²) in [5.41, 5.74) is 2.37. The number of likely N-dealkylation sites (tertiary alicyclic amines) is 1. The second kappa shape index (κ2) is 10.5. The molecule has 0 radical (unpaired) electrons. The maximum Gasteiger partial charge on any atom is 0.306 e. The number of carboxylic acid groups (broad SMARTS) is 1. The van der Waals surface area contributed by atoms with Gasteiger partial charge in [-0.15, -0.1) is 0 Å². The summed E-state index contributed by atoms with van der Waals surface area (Å²) < 4.78 is 14.6. The first-order valence-electron chi connectivity index (χ1n) is 10.8. The summed E-state index contributed by atoms with van der Waals surface area (Å²) in [6.07, 6.45) is 4.35. The highest BCUT2D eigenvalue weighted by Gasteiger charge is 2.49. The van der Waals surface area contributed by atoms with Crippen molar-refractivity contribution in [2.75, 3.05) is 20.1 Å². The van der Waals surface area contributed by atoms with Gasteiger partial charge in [0.1, 0.15) is 5.67 Å². The number of carboxylic acids is 1. The number of aliphatic carboxylic acids is 1. The Kier molecular flexibility index (Phi) is 8.03. The number of nitrogens with one attached hydrogen (secondary N) is 1. The van der Waals surface area contributed by atoms with E-state index in [1.165, 1.54) is 18.4 Å². The molecule has 1 saturated carbocycles. The van der Waals surface area contributed by atoms with Crippen molar-refractivity contribution in [3.8, 4) is 0 Å². The molecule has 0 unspecified atom stereocenters. The third kappa shape index (κ3) is 6.03. The van der Waals surface area contributed by atoms with Gasteiger partial charge in [0, 0.05) is 24.3 Å². The fourth-order valence-corrected chi connectivity index (χ4v) is 4.38. The fourth-order valence-electron chi connectivity index (χ4n) is 4.14. The standard InChI is InChI=1S/C16H19ClFNO2.C8H12N2/c17-14-7-13(16(18)8-12(9-16)15(20)21)4-3-11(14)10-19-5-1-2-6-19;1-7-4-3-5-10-8(7)6-9-2/h3-4,7,12H,1-2,5-6,8-10H2,(H,20,21);3-5,9H,6H2,1-2H3. The Morgan fingerprint density at radius 2 is 2.03 bits per heavy atom. The van der Waals surface area contributed by atoms with Crippen LogP contribution in [0.2, 0.25) is 5.02 Å². The second-order valence-corrected chi connectivity index (χ2v) is 8.90. The van der Waals surface area contributed by atoms with Crippen LogP contribution in [0.1, 0.15) is 48.1 Å². The monoisotopic (exact) mass is 447 g/mol. The molecule has 7 heteroatoms. The van der Waals surface area contributed by atoms with E-state index < -0.39 is 17.6 Å². The first-order valence-corrected chi connectivity index (χ1v) is 11.2. The first kappa shape index (κ1) is 23.6. The first-order chi connectivity index (χ1) is 14.8. The lowest BCUT2D eigenvalue weighted by molar-refractivity contribution is -0.152. The minimum Gasteiger partial charge on any atom is -0.481 e. The smallest absolute Gasteiger partial charge is 0.306 e. The van der Waals surface area contributed by atoms with Crippen LogP contribution >= 0.6 is 11.6 Å². The molecule has 2 N–H and O–H groups in total.